The van der Waals surface area contributed by atoms with Gasteiger partial charge >= 0.3 is 12.0 Å². The van der Waals surface area contributed by atoms with Gasteiger partial charge in [-0.3, -0.25) is 0 Å². The number of hydrogen-bond donors (Lipinski definition) is 3. The predicted molar refractivity (Wildman–Crippen MR) is 77.9 cm³/mol. The van der Waals surface area contributed by atoms with Crippen LogP contribution < -0.4 is 5.32 Å². The molecule has 0 aromatic carbocycles. The van der Waals surface area contributed by atoms with E-state index in [2.05, 4.69) is 21.2 Å². The van der Waals surface area contributed by atoms with Gasteiger partial charge < -0.3 is 20.4 Å². The third-order valence-electron chi connectivity index (χ3n) is 3.10. The second-order valence-electron chi connectivity index (χ2n) is 4.58. The molecule has 1 saturated heterocycles. The van der Waals surface area contributed by atoms with E-state index in [1.807, 2.05) is 12.1 Å². The zero-order chi connectivity index (χ0) is 14.7. The summed E-state index contributed by atoms with van der Waals surface area (Å²) in [5, 5.41) is 21.2. The Balaban J connectivity index is 1.83. The van der Waals surface area contributed by atoms with Crippen molar-refractivity contribution in [2.24, 2.45) is 0 Å². The van der Waals surface area contributed by atoms with Crippen LogP contribution in [-0.4, -0.2) is 52.3 Å². The van der Waals surface area contributed by atoms with Crippen LogP contribution >= 0.6 is 27.3 Å². The van der Waals surface area contributed by atoms with Crippen LogP contribution in [0.2, 0.25) is 0 Å². The van der Waals surface area contributed by atoms with Crippen LogP contribution in [0.1, 0.15) is 11.3 Å². The number of aliphatic carboxylic acids is 1. The van der Waals surface area contributed by atoms with Gasteiger partial charge in [0.1, 0.15) is 6.04 Å². The van der Waals surface area contributed by atoms with Crippen LogP contribution in [-0.2, 0) is 11.2 Å². The van der Waals surface area contributed by atoms with Crippen LogP contribution in [0, 0.1) is 0 Å². The number of carbonyl (C=O) groups excluding carboxylic acids is 1. The molecule has 0 bridgehead atoms. The number of hydrogen-bond acceptors (Lipinski definition) is 4. The van der Waals surface area contributed by atoms with Crippen LogP contribution in [0.15, 0.2) is 15.9 Å². The molecular weight excluding hydrogens is 348 g/mol. The van der Waals surface area contributed by atoms with Gasteiger partial charge in [0.05, 0.1) is 9.89 Å². The number of nitrogens with one attached hydrogen (secondary N) is 1. The van der Waals surface area contributed by atoms with Crippen molar-refractivity contribution in [3.05, 3.63) is 20.8 Å². The average molecular weight is 363 g/mol. The van der Waals surface area contributed by atoms with Crippen LogP contribution in [0.4, 0.5) is 4.79 Å². The lowest BCUT2D eigenvalue weighted by Crippen LogP contribution is -2.46. The van der Waals surface area contributed by atoms with Crippen molar-refractivity contribution >= 4 is 39.3 Å². The highest BCUT2D eigenvalue weighted by Crippen LogP contribution is 2.22. The first kappa shape index (κ1) is 15.3. The van der Waals surface area contributed by atoms with Crippen molar-refractivity contribution in [3.63, 3.8) is 0 Å². The number of urea groups is 1. The highest BCUT2D eigenvalue weighted by molar-refractivity contribution is 9.11. The number of likely N-dealkylation sites (tertiary alicyclic amines) is 1. The number of carboxylic acids is 1. The van der Waals surface area contributed by atoms with E-state index in [4.69, 9.17) is 5.11 Å². The highest BCUT2D eigenvalue weighted by atomic mass is 79.9. The number of carbonyl (C=O) groups is 2. The minimum absolute atomic E-state index is 0.0628. The number of amides is 2. The second-order valence-corrected chi connectivity index (χ2v) is 7.13. The van der Waals surface area contributed by atoms with Crippen molar-refractivity contribution < 1.29 is 19.8 Å². The zero-order valence-electron chi connectivity index (χ0n) is 10.6. The lowest BCUT2D eigenvalue weighted by molar-refractivity contribution is -0.141. The Morgan fingerprint density at radius 3 is 2.85 bits per heavy atom. The summed E-state index contributed by atoms with van der Waals surface area (Å²) in [5.74, 6) is -1.08. The topological polar surface area (TPSA) is 89.9 Å². The molecule has 2 heterocycles. The van der Waals surface area contributed by atoms with Crippen LogP contribution in [0.25, 0.3) is 0 Å². The van der Waals surface area contributed by atoms with Crippen molar-refractivity contribution in [2.45, 2.75) is 25.0 Å². The third kappa shape index (κ3) is 3.71. The summed E-state index contributed by atoms with van der Waals surface area (Å²) >= 11 is 4.96. The normalized spacial score (nSPS) is 22.0. The van der Waals surface area contributed by atoms with Gasteiger partial charge in [0.25, 0.3) is 0 Å². The van der Waals surface area contributed by atoms with E-state index in [1.165, 1.54) is 4.90 Å². The maximum atomic E-state index is 11.9. The molecule has 3 N–H and O–H groups in total. The molecule has 6 nitrogen and oxygen atoms in total. The van der Waals surface area contributed by atoms with Crippen molar-refractivity contribution in [1.29, 1.82) is 0 Å². The van der Waals surface area contributed by atoms with Crippen LogP contribution in [0.3, 0.4) is 0 Å². The van der Waals surface area contributed by atoms with E-state index < -0.39 is 24.1 Å². The number of rotatable bonds is 4. The third-order valence-corrected chi connectivity index (χ3v) is 4.78. The number of β-amino-alcohol motifs (C(OH)–C–C–N with tert-alkyl or cyclic N) is 1. The molecule has 20 heavy (non-hydrogen) atoms. The van der Waals surface area contributed by atoms with Gasteiger partial charge in [0, 0.05) is 24.4 Å². The van der Waals surface area contributed by atoms with Crippen molar-refractivity contribution in [3.8, 4) is 0 Å². The molecular formula is C12H15BrN2O4S. The molecule has 8 heteroatoms. The molecule has 1 fully saturated rings. The molecule has 2 unspecified atom stereocenters. The molecule has 0 radical (unpaired) electrons. The summed E-state index contributed by atoms with van der Waals surface area (Å²) in [6.07, 6.45) is 0.00614. The molecule has 0 saturated carbocycles. The average Bonchev–Trinajstić information content (AvgIpc) is 2.95. The van der Waals surface area contributed by atoms with Gasteiger partial charge in [-0.05, 0) is 34.5 Å². The lowest BCUT2D eigenvalue weighted by atomic mass is 10.2. The minimum atomic E-state index is -1.08. The van der Waals surface area contributed by atoms with Gasteiger partial charge in [0.2, 0.25) is 0 Å². The van der Waals surface area contributed by atoms with E-state index in [9.17, 15) is 14.7 Å². The Morgan fingerprint density at radius 1 is 1.50 bits per heavy atom. The van der Waals surface area contributed by atoms with Gasteiger partial charge in [0.15, 0.2) is 0 Å². The van der Waals surface area contributed by atoms with Gasteiger partial charge in [-0.1, -0.05) is 0 Å². The lowest BCUT2D eigenvalue weighted by Gasteiger charge is -2.21. The first-order valence-corrected chi connectivity index (χ1v) is 7.78. The number of halogens is 1. The number of thiophene rings is 1. The monoisotopic (exact) mass is 362 g/mol. The summed E-state index contributed by atoms with van der Waals surface area (Å²) in [6.45, 7) is 0.498. The summed E-state index contributed by atoms with van der Waals surface area (Å²) in [7, 11) is 0. The molecule has 1 aliphatic rings. The number of aliphatic hydroxyl groups is 1. The molecule has 110 valence electrons. The molecule has 1 aliphatic heterocycles. The fraction of sp³-hybridized carbons (Fsp3) is 0.500. The quantitative estimate of drug-likeness (QED) is 0.752. The van der Waals surface area contributed by atoms with E-state index in [1.54, 1.807) is 11.3 Å². The Kier molecular flexibility index (Phi) is 5.00. The Hall–Kier alpha value is -1.12. The molecule has 2 rings (SSSR count). The molecule has 1 aromatic rings. The second kappa shape index (κ2) is 6.55. The predicted octanol–water partition coefficient (Wildman–Crippen LogP) is 1.28. The molecule has 2 atom stereocenters. The van der Waals surface area contributed by atoms with E-state index in [0.717, 1.165) is 8.66 Å². The van der Waals surface area contributed by atoms with Crippen LogP contribution in [0.5, 0.6) is 0 Å². The van der Waals surface area contributed by atoms with Gasteiger partial charge in [-0.15, -0.1) is 11.3 Å². The maximum absolute atomic E-state index is 11.9. The van der Waals surface area contributed by atoms with Gasteiger partial charge in [-0.2, -0.15) is 0 Å². The number of carboxylic acid groups (broad SMARTS) is 1. The van der Waals surface area contributed by atoms with Crippen molar-refractivity contribution in [1.82, 2.24) is 10.2 Å². The number of aliphatic hydroxyl groups excluding tert-OH is 1. The van der Waals surface area contributed by atoms with Crippen molar-refractivity contribution in [2.75, 3.05) is 13.1 Å². The zero-order valence-corrected chi connectivity index (χ0v) is 13.0. The Bertz CT molecular complexity index is 507. The van der Waals surface area contributed by atoms with E-state index >= 15 is 0 Å². The first-order chi connectivity index (χ1) is 9.47. The molecule has 1 aromatic heterocycles. The van der Waals surface area contributed by atoms with E-state index in [0.29, 0.717) is 13.0 Å². The minimum Gasteiger partial charge on any atom is -0.480 e. The molecule has 0 spiro atoms. The number of nitrogens with zero attached hydrogens (tertiary/aromatic N) is 1. The largest absolute Gasteiger partial charge is 0.480 e. The summed E-state index contributed by atoms with van der Waals surface area (Å²) < 4.78 is 1.03. The fourth-order valence-electron chi connectivity index (χ4n) is 2.15. The SMILES string of the molecule is O=C(O)C1CC(O)CN1C(=O)NCCc1ccc(Br)s1. The van der Waals surface area contributed by atoms with Gasteiger partial charge in [-0.25, -0.2) is 9.59 Å². The smallest absolute Gasteiger partial charge is 0.326 e. The Morgan fingerprint density at radius 2 is 2.25 bits per heavy atom. The Labute approximate surface area is 128 Å². The summed E-state index contributed by atoms with van der Waals surface area (Å²) in [4.78, 5) is 25.3. The molecule has 2 amide bonds. The molecule has 0 aliphatic carbocycles. The first-order valence-electron chi connectivity index (χ1n) is 6.17. The maximum Gasteiger partial charge on any atom is 0.326 e. The van der Waals surface area contributed by atoms with E-state index in [-0.39, 0.29) is 13.0 Å². The standard InChI is InChI=1S/C12H15BrN2O4S/c13-10-2-1-8(20-10)3-4-14-12(19)15-6-7(16)5-9(15)11(17)18/h1-2,7,9,16H,3-6H2,(H,14,19)(H,17,18). The summed E-state index contributed by atoms with van der Waals surface area (Å²) in [6, 6.07) is 2.53. The summed E-state index contributed by atoms with van der Waals surface area (Å²) in [5.41, 5.74) is 0. The highest BCUT2D eigenvalue weighted by Gasteiger charge is 2.38. The fourth-order valence-corrected chi connectivity index (χ4v) is 3.64.